The third kappa shape index (κ3) is 1.81. The van der Waals surface area contributed by atoms with E-state index in [2.05, 4.69) is 0 Å². The summed E-state index contributed by atoms with van der Waals surface area (Å²) in [6.07, 6.45) is 4.32. The number of hydrogen-bond donors (Lipinski definition) is 0. The molecule has 80 valence electrons. The van der Waals surface area contributed by atoms with Crippen LogP contribution in [0.4, 0.5) is 4.39 Å². The van der Waals surface area contributed by atoms with Gasteiger partial charge in [0.05, 0.1) is 0 Å². The summed E-state index contributed by atoms with van der Waals surface area (Å²) >= 11 is 0. The van der Waals surface area contributed by atoms with Crippen molar-refractivity contribution >= 4 is 6.29 Å². The van der Waals surface area contributed by atoms with Gasteiger partial charge < -0.3 is 4.79 Å². The number of benzene rings is 1. The molecular formula is C13H15FO. The van der Waals surface area contributed by atoms with Gasteiger partial charge in [-0.3, -0.25) is 0 Å². The van der Waals surface area contributed by atoms with E-state index in [4.69, 9.17) is 0 Å². The minimum atomic E-state index is -0.129. The highest BCUT2D eigenvalue weighted by molar-refractivity contribution is 5.64. The molecule has 0 N–H and O–H groups in total. The van der Waals surface area contributed by atoms with Gasteiger partial charge in [0.25, 0.3) is 0 Å². The number of carbonyl (C=O) groups excluding carboxylic acids is 1. The molecule has 2 heteroatoms. The molecule has 1 atom stereocenters. The minimum absolute atomic E-state index is 0.0882. The van der Waals surface area contributed by atoms with Crippen LogP contribution in [0.25, 0.3) is 0 Å². The maximum Gasteiger partial charge on any atom is 0.127 e. The normalized spacial score (nSPS) is 19.7. The van der Waals surface area contributed by atoms with E-state index in [0.717, 1.165) is 48.7 Å². The van der Waals surface area contributed by atoms with E-state index in [1.54, 1.807) is 6.07 Å². The second-order valence-electron chi connectivity index (χ2n) is 4.13. The fourth-order valence-electron chi connectivity index (χ4n) is 2.31. The Labute approximate surface area is 89.3 Å². The minimum Gasteiger partial charge on any atom is -0.303 e. The van der Waals surface area contributed by atoms with Crippen molar-refractivity contribution in [3.8, 4) is 0 Å². The van der Waals surface area contributed by atoms with Gasteiger partial charge in [-0.1, -0.05) is 13.0 Å². The lowest BCUT2D eigenvalue weighted by Crippen LogP contribution is -2.13. The van der Waals surface area contributed by atoms with Crippen molar-refractivity contribution in [1.29, 1.82) is 0 Å². The lowest BCUT2D eigenvalue weighted by molar-refractivity contribution is -0.109. The number of fused-ring (bicyclic) bond motifs is 1. The Balaban J connectivity index is 2.53. The van der Waals surface area contributed by atoms with Gasteiger partial charge in [-0.2, -0.15) is 0 Å². The molecule has 1 unspecified atom stereocenters. The molecule has 1 aliphatic rings. The van der Waals surface area contributed by atoms with Crippen LogP contribution in [-0.4, -0.2) is 6.29 Å². The van der Waals surface area contributed by atoms with Crippen LogP contribution < -0.4 is 0 Å². The summed E-state index contributed by atoms with van der Waals surface area (Å²) in [6, 6.07) is 3.60. The highest BCUT2D eigenvalue weighted by atomic mass is 19.1. The molecule has 1 aromatic carbocycles. The van der Waals surface area contributed by atoms with Crippen LogP contribution in [0.1, 0.15) is 42.4 Å². The Morgan fingerprint density at radius 3 is 3.00 bits per heavy atom. The fourth-order valence-corrected chi connectivity index (χ4v) is 2.31. The first kappa shape index (κ1) is 10.3. The molecule has 0 bridgehead atoms. The highest BCUT2D eigenvalue weighted by Crippen LogP contribution is 2.32. The van der Waals surface area contributed by atoms with Crippen LogP contribution >= 0.6 is 0 Å². The van der Waals surface area contributed by atoms with Crippen LogP contribution in [0.15, 0.2) is 12.1 Å². The lowest BCUT2D eigenvalue weighted by Gasteiger charge is -2.22. The predicted octanol–water partition coefficient (Wildman–Crippen LogP) is 3.01. The van der Waals surface area contributed by atoms with Gasteiger partial charge in [0.2, 0.25) is 0 Å². The zero-order valence-electron chi connectivity index (χ0n) is 8.92. The van der Waals surface area contributed by atoms with E-state index in [-0.39, 0.29) is 11.7 Å². The number of aldehydes is 1. The summed E-state index contributed by atoms with van der Waals surface area (Å²) in [7, 11) is 0. The first-order valence-electron chi connectivity index (χ1n) is 5.52. The van der Waals surface area contributed by atoms with E-state index in [1.807, 2.05) is 13.0 Å². The Bertz CT molecular complexity index is 384. The fraction of sp³-hybridized carbons (Fsp3) is 0.462. The van der Waals surface area contributed by atoms with Gasteiger partial charge in [-0.25, -0.2) is 4.39 Å². The molecule has 0 aromatic heterocycles. The summed E-state index contributed by atoms with van der Waals surface area (Å²) in [6.45, 7) is 2.00. The summed E-state index contributed by atoms with van der Waals surface area (Å²) in [5, 5.41) is 0. The van der Waals surface area contributed by atoms with Crippen molar-refractivity contribution in [3.05, 3.63) is 34.6 Å². The lowest BCUT2D eigenvalue weighted by atomic mass is 9.82. The van der Waals surface area contributed by atoms with Crippen LogP contribution in [0.3, 0.4) is 0 Å². The molecular weight excluding hydrogens is 191 g/mol. The zero-order valence-corrected chi connectivity index (χ0v) is 8.92. The maximum atomic E-state index is 13.7. The summed E-state index contributed by atoms with van der Waals surface area (Å²) in [5.74, 6) is -0.217. The highest BCUT2D eigenvalue weighted by Gasteiger charge is 2.22. The SMILES string of the molecule is CCc1cc(F)c2c(c1)C(C=O)CCC2. The smallest absolute Gasteiger partial charge is 0.127 e. The first-order valence-corrected chi connectivity index (χ1v) is 5.52. The Kier molecular flexibility index (Phi) is 2.85. The molecule has 1 aliphatic carbocycles. The average molecular weight is 206 g/mol. The van der Waals surface area contributed by atoms with Gasteiger partial charge in [0.15, 0.2) is 0 Å². The molecule has 1 nitrogen and oxygen atoms in total. The van der Waals surface area contributed by atoms with E-state index >= 15 is 0 Å². The quantitative estimate of drug-likeness (QED) is 0.680. The van der Waals surface area contributed by atoms with E-state index in [9.17, 15) is 9.18 Å². The topological polar surface area (TPSA) is 17.1 Å². The summed E-state index contributed by atoms with van der Waals surface area (Å²) in [4.78, 5) is 10.9. The van der Waals surface area contributed by atoms with E-state index in [1.165, 1.54) is 0 Å². The van der Waals surface area contributed by atoms with Crippen LogP contribution in [0.2, 0.25) is 0 Å². The molecule has 0 fully saturated rings. The van der Waals surface area contributed by atoms with Crippen molar-refractivity contribution in [2.24, 2.45) is 0 Å². The molecule has 15 heavy (non-hydrogen) atoms. The maximum absolute atomic E-state index is 13.7. The van der Waals surface area contributed by atoms with E-state index in [0.29, 0.717) is 0 Å². The Morgan fingerprint density at radius 2 is 2.33 bits per heavy atom. The standard InChI is InChI=1S/C13H15FO/c1-2-9-6-12-10(8-15)4-3-5-11(12)13(14)7-9/h6-8,10H,2-5H2,1H3. The van der Waals surface area contributed by atoms with Crippen molar-refractivity contribution < 1.29 is 9.18 Å². The summed E-state index contributed by atoms with van der Waals surface area (Å²) in [5.41, 5.74) is 2.67. The van der Waals surface area contributed by atoms with Crippen molar-refractivity contribution in [2.45, 2.75) is 38.5 Å². The van der Waals surface area contributed by atoms with Gasteiger partial charge in [-0.15, -0.1) is 0 Å². The second kappa shape index (κ2) is 4.13. The van der Waals surface area contributed by atoms with Gasteiger partial charge in [0.1, 0.15) is 12.1 Å². The number of aryl methyl sites for hydroxylation is 1. The van der Waals surface area contributed by atoms with Gasteiger partial charge >= 0.3 is 0 Å². The number of halogens is 1. The van der Waals surface area contributed by atoms with Gasteiger partial charge in [-0.05, 0) is 48.4 Å². The second-order valence-corrected chi connectivity index (χ2v) is 4.13. The molecule has 1 aromatic rings. The molecule has 0 heterocycles. The third-order valence-corrected chi connectivity index (χ3v) is 3.20. The first-order chi connectivity index (χ1) is 7.26. The van der Waals surface area contributed by atoms with Crippen molar-refractivity contribution in [2.75, 3.05) is 0 Å². The Hall–Kier alpha value is -1.18. The molecule has 0 spiro atoms. The largest absolute Gasteiger partial charge is 0.303 e. The van der Waals surface area contributed by atoms with Crippen molar-refractivity contribution in [1.82, 2.24) is 0 Å². The molecule has 0 amide bonds. The van der Waals surface area contributed by atoms with E-state index < -0.39 is 0 Å². The predicted molar refractivity (Wildman–Crippen MR) is 57.5 cm³/mol. The Morgan fingerprint density at radius 1 is 1.53 bits per heavy atom. The molecule has 0 saturated heterocycles. The van der Waals surface area contributed by atoms with Crippen LogP contribution in [0.5, 0.6) is 0 Å². The van der Waals surface area contributed by atoms with Gasteiger partial charge in [0, 0.05) is 5.92 Å². The molecule has 0 radical (unpaired) electrons. The molecule has 0 aliphatic heterocycles. The summed E-state index contributed by atoms with van der Waals surface area (Å²) < 4.78 is 13.7. The monoisotopic (exact) mass is 206 g/mol. The number of hydrogen-bond acceptors (Lipinski definition) is 1. The zero-order chi connectivity index (χ0) is 10.8. The average Bonchev–Trinajstić information content (AvgIpc) is 2.28. The molecule has 2 rings (SSSR count). The molecule has 0 saturated carbocycles. The van der Waals surface area contributed by atoms with Crippen LogP contribution in [0, 0.1) is 5.82 Å². The third-order valence-electron chi connectivity index (χ3n) is 3.20. The number of carbonyl (C=O) groups is 1. The number of rotatable bonds is 2. The van der Waals surface area contributed by atoms with Crippen LogP contribution in [-0.2, 0) is 17.6 Å². The van der Waals surface area contributed by atoms with Crippen molar-refractivity contribution in [3.63, 3.8) is 0 Å².